The number of benzene rings is 2. The van der Waals surface area contributed by atoms with Crippen LogP contribution in [0, 0.1) is 13.8 Å². The largest absolute Gasteiger partial charge is 0.497 e. The summed E-state index contributed by atoms with van der Waals surface area (Å²) in [6.07, 6.45) is 1.86. The molecule has 2 aromatic carbocycles. The maximum Gasteiger partial charge on any atom is 0.211 e. The van der Waals surface area contributed by atoms with E-state index in [9.17, 15) is 4.79 Å². The van der Waals surface area contributed by atoms with E-state index in [2.05, 4.69) is 32.0 Å². The molecule has 0 saturated carbocycles. The number of aromatic nitrogens is 2. The lowest BCUT2D eigenvalue weighted by atomic mass is 10.0. The molecule has 3 aromatic heterocycles. The van der Waals surface area contributed by atoms with Gasteiger partial charge in [-0.25, -0.2) is 4.98 Å². The molecule has 0 radical (unpaired) electrons. The summed E-state index contributed by atoms with van der Waals surface area (Å²) in [6.45, 7) is 4.20. The van der Waals surface area contributed by atoms with E-state index in [4.69, 9.17) is 15.5 Å². The Hall–Kier alpha value is -3.90. The van der Waals surface area contributed by atoms with E-state index < -0.39 is 0 Å². The summed E-state index contributed by atoms with van der Waals surface area (Å²) in [6, 6.07) is 19.2. The van der Waals surface area contributed by atoms with Crippen molar-refractivity contribution in [3.63, 3.8) is 0 Å². The maximum absolute atomic E-state index is 13.5. The molecule has 0 saturated heterocycles. The number of nitrogen functional groups attached to an aromatic ring is 1. The molecule has 33 heavy (non-hydrogen) atoms. The second kappa shape index (κ2) is 8.22. The van der Waals surface area contributed by atoms with Crippen LogP contribution in [0.4, 0.5) is 5.69 Å². The van der Waals surface area contributed by atoms with Gasteiger partial charge in [0.15, 0.2) is 0 Å². The number of methoxy groups -OCH3 is 1. The van der Waals surface area contributed by atoms with Gasteiger partial charge in [0.2, 0.25) is 5.78 Å². The number of ketones is 1. The molecule has 0 aliphatic rings. The van der Waals surface area contributed by atoms with Crippen molar-refractivity contribution in [1.29, 1.82) is 0 Å². The van der Waals surface area contributed by atoms with Crippen LogP contribution in [0.5, 0.6) is 5.75 Å². The van der Waals surface area contributed by atoms with Gasteiger partial charge in [0.25, 0.3) is 0 Å². The van der Waals surface area contributed by atoms with Crippen LogP contribution in [-0.2, 0) is 0 Å². The first-order valence-electron chi connectivity index (χ1n) is 10.6. The third kappa shape index (κ3) is 3.58. The van der Waals surface area contributed by atoms with Crippen LogP contribution in [-0.4, -0.2) is 22.3 Å². The number of carbonyl (C=O) groups is 1. The summed E-state index contributed by atoms with van der Waals surface area (Å²) in [4.78, 5) is 18.4. The predicted molar refractivity (Wildman–Crippen MR) is 134 cm³/mol. The molecule has 5 aromatic rings. The predicted octanol–water partition coefficient (Wildman–Crippen LogP) is 6.17. The Bertz CT molecular complexity index is 1500. The number of hydrogen-bond donors (Lipinski definition) is 1. The van der Waals surface area contributed by atoms with Crippen LogP contribution in [0.3, 0.4) is 0 Å². The fourth-order valence-corrected chi connectivity index (χ4v) is 4.88. The van der Waals surface area contributed by atoms with Gasteiger partial charge in [0.1, 0.15) is 16.5 Å². The molecule has 5 rings (SSSR count). The van der Waals surface area contributed by atoms with E-state index in [1.165, 1.54) is 22.5 Å². The SMILES string of the molecule is COc1ccc(C(=O)c2c(N)c(-c3nc(-c4ccc(C)c(C)c4)cs3)c3ccccn23)cc1. The Morgan fingerprint density at radius 3 is 2.55 bits per heavy atom. The fraction of sp³-hybridized carbons (Fsp3) is 0.111. The summed E-state index contributed by atoms with van der Waals surface area (Å²) >= 11 is 1.53. The van der Waals surface area contributed by atoms with Gasteiger partial charge >= 0.3 is 0 Å². The van der Waals surface area contributed by atoms with Gasteiger partial charge in [0.05, 0.1) is 29.6 Å². The number of ether oxygens (including phenoxy) is 1. The average molecular weight is 454 g/mol. The van der Waals surface area contributed by atoms with E-state index in [-0.39, 0.29) is 5.78 Å². The van der Waals surface area contributed by atoms with Gasteiger partial charge < -0.3 is 14.9 Å². The number of rotatable bonds is 5. The highest BCUT2D eigenvalue weighted by Gasteiger charge is 2.25. The second-order valence-electron chi connectivity index (χ2n) is 7.99. The molecule has 5 nitrogen and oxygen atoms in total. The molecular formula is C27H23N3O2S. The number of nitrogens with two attached hydrogens (primary N) is 1. The average Bonchev–Trinajstić information content (AvgIpc) is 3.42. The third-order valence-corrected chi connectivity index (χ3v) is 6.83. The van der Waals surface area contributed by atoms with Crippen LogP contribution in [0.25, 0.3) is 27.3 Å². The van der Waals surface area contributed by atoms with Crippen molar-refractivity contribution < 1.29 is 9.53 Å². The highest BCUT2D eigenvalue weighted by molar-refractivity contribution is 7.13. The Kier molecular flexibility index (Phi) is 5.23. The fourth-order valence-electron chi connectivity index (χ4n) is 3.99. The van der Waals surface area contributed by atoms with Gasteiger partial charge in [-0.3, -0.25) is 4.79 Å². The minimum Gasteiger partial charge on any atom is -0.497 e. The zero-order chi connectivity index (χ0) is 23.1. The first-order chi connectivity index (χ1) is 16.0. The molecule has 0 aliphatic heterocycles. The van der Waals surface area contributed by atoms with Crippen LogP contribution in [0.15, 0.2) is 72.2 Å². The molecule has 0 atom stereocenters. The van der Waals surface area contributed by atoms with Gasteiger partial charge in [-0.2, -0.15) is 0 Å². The summed E-state index contributed by atoms with van der Waals surface area (Å²) < 4.78 is 7.07. The molecule has 0 bridgehead atoms. The van der Waals surface area contributed by atoms with Crippen molar-refractivity contribution in [3.8, 4) is 27.6 Å². The van der Waals surface area contributed by atoms with E-state index in [1.807, 2.05) is 34.2 Å². The number of carbonyl (C=O) groups excluding carboxylic acids is 1. The highest BCUT2D eigenvalue weighted by Crippen LogP contribution is 2.39. The van der Waals surface area contributed by atoms with E-state index in [0.717, 1.165) is 27.3 Å². The smallest absolute Gasteiger partial charge is 0.211 e. The third-order valence-electron chi connectivity index (χ3n) is 5.97. The molecule has 0 amide bonds. The molecular weight excluding hydrogens is 430 g/mol. The van der Waals surface area contributed by atoms with Crippen LogP contribution >= 0.6 is 11.3 Å². The zero-order valence-electron chi connectivity index (χ0n) is 18.6. The normalized spacial score (nSPS) is 11.1. The number of nitrogens with zero attached hydrogens (tertiary/aromatic N) is 2. The lowest BCUT2D eigenvalue weighted by Gasteiger charge is -2.05. The first-order valence-corrected chi connectivity index (χ1v) is 11.5. The summed E-state index contributed by atoms with van der Waals surface area (Å²) in [5, 5.41) is 2.83. The van der Waals surface area contributed by atoms with Crippen molar-refractivity contribution in [2.24, 2.45) is 0 Å². The standard InChI is InChI=1S/C27H23N3O2S/c1-16-7-8-19(14-17(16)2)21-15-33-27(29-21)23-22-6-4-5-13-30(22)25(24(23)28)26(31)18-9-11-20(32-3)12-10-18/h4-15H,28H2,1-3H3. The minimum absolute atomic E-state index is 0.145. The molecule has 0 unspecified atom stereocenters. The Balaban J connectivity index is 1.63. The highest BCUT2D eigenvalue weighted by atomic mass is 32.1. The number of pyridine rings is 1. The topological polar surface area (TPSA) is 69.6 Å². The molecule has 2 N–H and O–H groups in total. The zero-order valence-corrected chi connectivity index (χ0v) is 19.4. The number of aryl methyl sites for hydroxylation is 2. The van der Waals surface area contributed by atoms with Gasteiger partial charge in [-0.05, 0) is 67.4 Å². The van der Waals surface area contributed by atoms with Crippen molar-refractivity contribution in [2.75, 3.05) is 12.8 Å². The van der Waals surface area contributed by atoms with E-state index >= 15 is 0 Å². The Morgan fingerprint density at radius 1 is 1.03 bits per heavy atom. The van der Waals surface area contributed by atoms with Crippen molar-refractivity contribution in [3.05, 3.63) is 94.6 Å². The number of anilines is 1. The number of thiazole rings is 1. The van der Waals surface area contributed by atoms with Crippen molar-refractivity contribution in [2.45, 2.75) is 13.8 Å². The van der Waals surface area contributed by atoms with Gasteiger partial charge in [-0.15, -0.1) is 11.3 Å². The number of fused-ring (bicyclic) bond motifs is 1. The maximum atomic E-state index is 13.5. The molecule has 164 valence electrons. The summed E-state index contributed by atoms with van der Waals surface area (Å²) in [5.41, 5.74) is 14.1. The molecule has 0 spiro atoms. The minimum atomic E-state index is -0.145. The monoisotopic (exact) mass is 453 g/mol. The summed E-state index contributed by atoms with van der Waals surface area (Å²) in [5.74, 6) is 0.551. The van der Waals surface area contributed by atoms with Crippen molar-refractivity contribution in [1.82, 2.24) is 9.38 Å². The lowest BCUT2D eigenvalue weighted by Crippen LogP contribution is -2.08. The summed E-state index contributed by atoms with van der Waals surface area (Å²) in [7, 11) is 1.60. The van der Waals surface area contributed by atoms with E-state index in [0.29, 0.717) is 22.7 Å². The molecule has 6 heteroatoms. The Labute approximate surface area is 196 Å². The van der Waals surface area contributed by atoms with Crippen LogP contribution < -0.4 is 10.5 Å². The number of hydrogen-bond acceptors (Lipinski definition) is 5. The second-order valence-corrected chi connectivity index (χ2v) is 8.85. The molecule has 0 aliphatic carbocycles. The lowest BCUT2D eigenvalue weighted by molar-refractivity contribution is 0.103. The Morgan fingerprint density at radius 2 is 1.82 bits per heavy atom. The quantitative estimate of drug-likeness (QED) is 0.323. The van der Waals surface area contributed by atoms with E-state index in [1.54, 1.807) is 31.4 Å². The molecule has 3 heterocycles. The van der Waals surface area contributed by atoms with Crippen molar-refractivity contribution >= 4 is 28.3 Å². The first kappa shape index (κ1) is 21.0. The molecule has 0 fully saturated rings. The van der Waals surface area contributed by atoms with Gasteiger partial charge in [0, 0.05) is 22.7 Å². The van der Waals surface area contributed by atoms with Crippen LogP contribution in [0.2, 0.25) is 0 Å². The van der Waals surface area contributed by atoms with Gasteiger partial charge in [-0.1, -0.05) is 18.2 Å². The van der Waals surface area contributed by atoms with Crippen LogP contribution in [0.1, 0.15) is 27.2 Å².